The van der Waals surface area contributed by atoms with Crippen LogP contribution in [-0.4, -0.2) is 14.9 Å². The summed E-state index contributed by atoms with van der Waals surface area (Å²) in [6.45, 7) is 15.5. The van der Waals surface area contributed by atoms with Crippen molar-refractivity contribution in [3.05, 3.63) is 47.2 Å². The summed E-state index contributed by atoms with van der Waals surface area (Å²) in [5.41, 5.74) is 2.75. The highest BCUT2D eigenvalue weighted by molar-refractivity contribution is 14.1. The minimum atomic E-state index is -1.85. The number of hydrogen-bond donors (Lipinski definition) is 0. The van der Waals surface area contributed by atoms with E-state index in [0.717, 1.165) is 32.3 Å². The molecule has 2 rings (SSSR count). The van der Waals surface area contributed by atoms with Crippen molar-refractivity contribution >= 4 is 30.9 Å². The molecule has 0 amide bonds. The van der Waals surface area contributed by atoms with Crippen LogP contribution < -0.4 is 0 Å². The Morgan fingerprint density at radius 2 is 1.87 bits per heavy atom. The van der Waals surface area contributed by atoms with Gasteiger partial charge in [-0.05, 0) is 64.3 Å². The molecular formula is C26H39IO2Si. The summed E-state index contributed by atoms with van der Waals surface area (Å²) in [7, 11) is -1.85. The second kappa shape index (κ2) is 11.7. The number of rotatable bonds is 9. The molecule has 0 unspecified atom stereocenters. The number of hydrogen-bond acceptors (Lipinski definition) is 2. The fourth-order valence-corrected chi connectivity index (χ4v) is 5.15. The molecule has 1 aromatic carbocycles. The monoisotopic (exact) mass is 538 g/mol. The molecule has 0 aromatic heterocycles. The van der Waals surface area contributed by atoms with Gasteiger partial charge in [0.1, 0.15) is 0 Å². The fourth-order valence-electron chi connectivity index (χ4n) is 3.80. The molecule has 1 aromatic rings. The first kappa shape index (κ1) is 25.5. The van der Waals surface area contributed by atoms with Crippen molar-refractivity contribution in [2.24, 2.45) is 11.8 Å². The van der Waals surface area contributed by atoms with Gasteiger partial charge in [0.15, 0.2) is 0 Å². The first-order chi connectivity index (χ1) is 14.1. The predicted octanol–water partition coefficient (Wildman–Crippen LogP) is 8.09. The van der Waals surface area contributed by atoms with Gasteiger partial charge < -0.3 is 9.16 Å². The molecule has 0 N–H and O–H groups in total. The summed E-state index contributed by atoms with van der Waals surface area (Å²) < 4.78 is 15.9. The van der Waals surface area contributed by atoms with Crippen LogP contribution in [-0.2, 0) is 15.8 Å². The molecule has 0 heterocycles. The zero-order chi connectivity index (χ0) is 22.2. The number of benzene rings is 1. The molecule has 1 aliphatic carbocycles. The molecule has 2 atom stereocenters. The van der Waals surface area contributed by atoms with E-state index in [1.54, 1.807) is 0 Å². The van der Waals surface area contributed by atoms with Gasteiger partial charge in [-0.1, -0.05) is 63.9 Å². The summed E-state index contributed by atoms with van der Waals surface area (Å²) in [4.78, 5) is 0. The zero-order valence-electron chi connectivity index (χ0n) is 19.7. The van der Waals surface area contributed by atoms with Crippen LogP contribution in [0.15, 0.2) is 41.7 Å². The molecule has 0 radical (unpaired) electrons. The van der Waals surface area contributed by atoms with Crippen molar-refractivity contribution in [2.45, 2.75) is 84.5 Å². The molecule has 0 aliphatic heterocycles. The largest absolute Gasteiger partial charge is 0.547 e. The summed E-state index contributed by atoms with van der Waals surface area (Å²) in [5, 5.41) is 0.210. The molecule has 1 aliphatic rings. The van der Waals surface area contributed by atoms with E-state index < -0.39 is 8.32 Å². The van der Waals surface area contributed by atoms with E-state index in [9.17, 15) is 0 Å². The Balaban J connectivity index is 2.09. The van der Waals surface area contributed by atoms with Crippen molar-refractivity contribution in [2.75, 3.05) is 6.61 Å². The smallest absolute Gasteiger partial charge is 0.250 e. The lowest BCUT2D eigenvalue weighted by molar-refractivity contribution is 0.117. The van der Waals surface area contributed by atoms with E-state index in [1.165, 1.54) is 23.3 Å². The highest BCUT2D eigenvalue weighted by atomic mass is 127. The summed E-state index contributed by atoms with van der Waals surface area (Å²) in [6.07, 6.45) is 5.32. The van der Waals surface area contributed by atoms with E-state index >= 15 is 0 Å². The van der Waals surface area contributed by atoms with Crippen LogP contribution >= 0.6 is 22.6 Å². The molecule has 30 heavy (non-hydrogen) atoms. The second-order valence-corrected chi connectivity index (χ2v) is 15.4. The molecule has 0 bridgehead atoms. The van der Waals surface area contributed by atoms with Crippen LogP contribution in [0.5, 0.6) is 0 Å². The molecular weight excluding hydrogens is 499 g/mol. The topological polar surface area (TPSA) is 18.5 Å². The Morgan fingerprint density at radius 1 is 1.17 bits per heavy atom. The van der Waals surface area contributed by atoms with Crippen LogP contribution in [0.25, 0.3) is 0 Å². The van der Waals surface area contributed by atoms with Crippen LogP contribution in [0.3, 0.4) is 0 Å². The SMILES string of the molecule is C[C@H]1CC(O[Si](C)(C)C(C)(C)C)=C(CCCOCc2ccccc2)[C@H](CC#CI)C1. The van der Waals surface area contributed by atoms with Crippen molar-refractivity contribution in [3.8, 4) is 9.85 Å². The average molecular weight is 539 g/mol. The minimum Gasteiger partial charge on any atom is -0.547 e. The third-order valence-corrected chi connectivity index (χ3v) is 11.3. The second-order valence-electron chi connectivity index (χ2n) is 10.2. The lowest BCUT2D eigenvalue weighted by Crippen LogP contribution is -2.41. The van der Waals surface area contributed by atoms with E-state index in [-0.39, 0.29) is 5.04 Å². The maximum atomic E-state index is 6.89. The van der Waals surface area contributed by atoms with Gasteiger partial charge in [-0.3, -0.25) is 0 Å². The van der Waals surface area contributed by atoms with Crippen LogP contribution in [0.1, 0.15) is 65.4 Å². The van der Waals surface area contributed by atoms with Gasteiger partial charge >= 0.3 is 0 Å². The highest BCUT2D eigenvalue weighted by Crippen LogP contribution is 2.44. The Bertz CT molecular complexity index is 753. The molecule has 0 fully saturated rings. The normalized spacial score (nSPS) is 20.0. The highest BCUT2D eigenvalue weighted by Gasteiger charge is 2.41. The van der Waals surface area contributed by atoms with Gasteiger partial charge in [-0.2, -0.15) is 0 Å². The molecule has 0 saturated carbocycles. The molecule has 166 valence electrons. The van der Waals surface area contributed by atoms with Crippen LogP contribution in [0, 0.1) is 21.7 Å². The van der Waals surface area contributed by atoms with Crippen molar-refractivity contribution in [1.29, 1.82) is 0 Å². The lowest BCUT2D eigenvalue weighted by atomic mass is 9.77. The lowest BCUT2D eigenvalue weighted by Gasteiger charge is -2.41. The first-order valence-electron chi connectivity index (χ1n) is 11.2. The maximum absolute atomic E-state index is 6.89. The van der Waals surface area contributed by atoms with Gasteiger partial charge in [-0.15, -0.1) is 0 Å². The standard InChI is InChI=1S/C26H39IO2Si/c1-21-18-23(14-10-16-27)24(25(19-21)29-30(5,6)26(2,3)4)15-11-17-28-20-22-12-8-7-9-13-22/h7-9,12-13,21,23H,11,14-15,17-20H2,1-6H3/t21-,23-/m1/s1. The third kappa shape index (κ3) is 7.73. The van der Waals surface area contributed by atoms with Crippen molar-refractivity contribution < 1.29 is 9.16 Å². The average Bonchev–Trinajstić information content (AvgIpc) is 2.67. The van der Waals surface area contributed by atoms with Crippen LogP contribution in [0.2, 0.25) is 18.1 Å². The van der Waals surface area contributed by atoms with E-state index in [2.05, 4.69) is 97.5 Å². The summed E-state index contributed by atoms with van der Waals surface area (Å²) >= 11 is 2.16. The van der Waals surface area contributed by atoms with E-state index in [1.807, 2.05) is 6.07 Å². The van der Waals surface area contributed by atoms with Crippen molar-refractivity contribution in [1.82, 2.24) is 0 Å². The van der Waals surface area contributed by atoms with E-state index in [4.69, 9.17) is 9.16 Å². The van der Waals surface area contributed by atoms with Crippen LogP contribution in [0.4, 0.5) is 0 Å². The first-order valence-corrected chi connectivity index (χ1v) is 15.2. The molecule has 4 heteroatoms. The molecule has 0 spiro atoms. The summed E-state index contributed by atoms with van der Waals surface area (Å²) in [6, 6.07) is 10.4. The molecule has 2 nitrogen and oxygen atoms in total. The van der Waals surface area contributed by atoms with Gasteiger partial charge in [0.05, 0.1) is 12.4 Å². The summed E-state index contributed by atoms with van der Waals surface area (Å²) in [5.74, 6) is 5.79. The van der Waals surface area contributed by atoms with Gasteiger partial charge in [0, 0.05) is 42.0 Å². The Labute approximate surface area is 199 Å². The minimum absolute atomic E-state index is 0.210. The van der Waals surface area contributed by atoms with Gasteiger partial charge in [0.25, 0.3) is 0 Å². The number of allylic oxidation sites excluding steroid dienone is 2. The van der Waals surface area contributed by atoms with Gasteiger partial charge in [-0.25, -0.2) is 0 Å². The number of ether oxygens (including phenoxy) is 1. The molecule has 0 saturated heterocycles. The predicted molar refractivity (Wildman–Crippen MR) is 139 cm³/mol. The Hall–Kier alpha value is -0.773. The van der Waals surface area contributed by atoms with E-state index in [0.29, 0.717) is 18.4 Å². The third-order valence-electron chi connectivity index (χ3n) is 6.52. The Morgan fingerprint density at radius 3 is 2.50 bits per heavy atom. The number of halogens is 1. The zero-order valence-corrected chi connectivity index (χ0v) is 22.8. The van der Waals surface area contributed by atoms with Gasteiger partial charge in [0.2, 0.25) is 8.32 Å². The Kier molecular flexibility index (Phi) is 9.97. The quantitative estimate of drug-likeness (QED) is 0.137. The van der Waals surface area contributed by atoms with Crippen molar-refractivity contribution in [3.63, 3.8) is 0 Å². The maximum Gasteiger partial charge on any atom is 0.250 e. The fraction of sp³-hybridized carbons (Fsp3) is 0.615.